The Morgan fingerprint density at radius 1 is 1.23 bits per heavy atom. The molecule has 0 saturated carbocycles. The average Bonchev–Trinajstić information content (AvgIpc) is 3.08. The van der Waals surface area contributed by atoms with Crippen molar-refractivity contribution in [1.29, 1.82) is 0 Å². The molecule has 0 radical (unpaired) electrons. The smallest absolute Gasteiger partial charge is 0.255 e. The maximum atomic E-state index is 13.0. The predicted molar refractivity (Wildman–Crippen MR) is 99.1 cm³/mol. The number of hydrogen-bond acceptors (Lipinski definition) is 5. The molecular formula is C20H25N3O3. The van der Waals surface area contributed by atoms with Crippen LogP contribution in [0, 0.1) is 0 Å². The number of aromatic nitrogens is 1. The fourth-order valence-electron chi connectivity index (χ4n) is 3.91. The molecular weight excluding hydrogens is 330 g/mol. The minimum Gasteiger partial charge on any atom is -0.384 e. The minimum atomic E-state index is -1.03. The number of carbonyl (C=O) groups is 1. The number of carbonyl (C=O) groups excluding carboxylic acids is 1. The second kappa shape index (κ2) is 7.31. The molecule has 6 heteroatoms. The third-order valence-electron chi connectivity index (χ3n) is 5.20. The molecule has 3 heterocycles. The number of amides is 1. The van der Waals surface area contributed by atoms with Crippen LogP contribution in [-0.4, -0.2) is 77.3 Å². The Kier molecular flexibility index (Phi) is 4.89. The summed E-state index contributed by atoms with van der Waals surface area (Å²) >= 11 is 0. The summed E-state index contributed by atoms with van der Waals surface area (Å²) in [7, 11) is 0. The quantitative estimate of drug-likeness (QED) is 0.905. The van der Waals surface area contributed by atoms with Gasteiger partial charge in [-0.05, 0) is 38.1 Å². The van der Waals surface area contributed by atoms with Gasteiger partial charge in [-0.25, -0.2) is 0 Å². The molecule has 2 aliphatic heterocycles. The number of benzene rings is 1. The first-order chi connectivity index (χ1) is 12.6. The number of pyridine rings is 1. The number of fused-ring (bicyclic) bond motifs is 1. The first-order valence-electron chi connectivity index (χ1n) is 9.30. The van der Waals surface area contributed by atoms with Crippen molar-refractivity contribution in [3.8, 4) is 0 Å². The number of likely N-dealkylation sites (tertiary alicyclic amines) is 1. The van der Waals surface area contributed by atoms with E-state index in [-0.39, 0.29) is 19.1 Å². The molecule has 26 heavy (non-hydrogen) atoms. The average molecular weight is 355 g/mol. The monoisotopic (exact) mass is 355 g/mol. The number of nitrogens with zero attached hydrogens (tertiary/aromatic N) is 3. The van der Waals surface area contributed by atoms with E-state index in [0.717, 1.165) is 24.0 Å². The largest absolute Gasteiger partial charge is 0.384 e. The Morgan fingerprint density at radius 3 is 2.88 bits per heavy atom. The van der Waals surface area contributed by atoms with Crippen molar-refractivity contribution in [2.24, 2.45) is 0 Å². The van der Waals surface area contributed by atoms with Crippen molar-refractivity contribution in [3.05, 3.63) is 42.1 Å². The van der Waals surface area contributed by atoms with Gasteiger partial charge in [0, 0.05) is 24.7 Å². The fraction of sp³-hybridized carbons (Fsp3) is 0.500. The molecule has 2 saturated heterocycles. The van der Waals surface area contributed by atoms with Gasteiger partial charge in [0.05, 0.1) is 30.8 Å². The van der Waals surface area contributed by atoms with Gasteiger partial charge in [0.15, 0.2) is 0 Å². The number of para-hydroxylation sites is 1. The molecule has 0 spiro atoms. The summed E-state index contributed by atoms with van der Waals surface area (Å²) in [5.41, 5.74) is 0.392. The molecule has 138 valence electrons. The van der Waals surface area contributed by atoms with Crippen LogP contribution in [0.2, 0.25) is 0 Å². The molecule has 1 atom stereocenters. The standard InChI is InChI=1S/C20H25N3O3/c24-19(17-11-16-5-1-2-6-18(16)21-12-17)23-9-10-26-15-20(25,14-23)13-22-7-3-4-8-22/h1-2,5-6,11-12,25H,3-4,7-10,13-15H2. The van der Waals surface area contributed by atoms with Crippen LogP contribution in [0.1, 0.15) is 23.2 Å². The number of aliphatic hydroxyl groups is 1. The minimum absolute atomic E-state index is 0.103. The molecule has 1 N–H and O–H groups in total. The van der Waals surface area contributed by atoms with E-state index in [9.17, 15) is 9.90 Å². The molecule has 1 aromatic carbocycles. The van der Waals surface area contributed by atoms with Gasteiger partial charge in [-0.1, -0.05) is 18.2 Å². The van der Waals surface area contributed by atoms with Gasteiger partial charge in [0.25, 0.3) is 5.91 Å². The van der Waals surface area contributed by atoms with Crippen LogP contribution in [0.25, 0.3) is 10.9 Å². The lowest BCUT2D eigenvalue weighted by Gasteiger charge is -2.34. The first kappa shape index (κ1) is 17.4. The van der Waals surface area contributed by atoms with Gasteiger partial charge in [-0.3, -0.25) is 9.78 Å². The van der Waals surface area contributed by atoms with Crippen molar-refractivity contribution in [1.82, 2.24) is 14.8 Å². The second-order valence-corrected chi connectivity index (χ2v) is 7.40. The van der Waals surface area contributed by atoms with Crippen molar-refractivity contribution < 1.29 is 14.6 Å². The zero-order valence-corrected chi connectivity index (χ0v) is 14.9. The highest BCUT2D eigenvalue weighted by Gasteiger charge is 2.36. The fourth-order valence-corrected chi connectivity index (χ4v) is 3.91. The molecule has 1 amide bonds. The lowest BCUT2D eigenvalue weighted by atomic mass is 10.0. The lowest BCUT2D eigenvalue weighted by molar-refractivity contribution is -0.0524. The highest BCUT2D eigenvalue weighted by molar-refractivity contribution is 5.97. The van der Waals surface area contributed by atoms with E-state index in [1.54, 1.807) is 11.1 Å². The zero-order chi connectivity index (χ0) is 18.0. The highest BCUT2D eigenvalue weighted by Crippen LogP contribution is 2.20. The number of ether oxygens (including phenoxy) is 1. The van der Waals surface area contributed by atoms with Crippen LogP contribution >= 0.6 is 0 Å². The summed E-state index contributed by atoms with van der Waals surface area (Å²) in [4.78, 5) is 21.4. The molecule has 2 aliphatic rings. The summed E-state index contributed by atoms with van der Waals surface area (Å²) in [6.45, 7) is 4.03. The maximum absolute atomic E-state index is 13.0. The summed E-state index contributed by atoms with van der Waals surface area (Å²) in [6.07, 6.45) is 3.96. The summed E-state index contributed by atoms with van der Waals surface area (Å²) < 4.78 is 5.62. The van der Waals surface area contributed by atoms with Crippen LogP contribution in [0.3, 0.4) is 0 Å². The van der Waals surface area contributed by atoms with Crippen LogP contribution in [0.4, 0.5) is 0 Å². The van der Waals surface area contributed by atoms with E-state index >= 15 is 0 Å². The number of hydrogen-bond donors (Lipinski definition) is 1. The molecule has 1 unspecified atom stereocenters. The Hall–Kier alpha value is -2.02. The van der Waals surface area contributed by atoms with Crippen LogP contribution in [0.15, 0.2) is 36.5 Å². The third-order valence-corrected chi connectivity index (χ3v) is 5.20. The Labute approximate surface area is 153 Å². The molecule has 0 aliphatic carbocycles. The van der Waals surface area contributed by atoms with E-state index in [0.29, 0.717) is 25.3 Å². The predicted octanol–water partition coefficient (Wildman–Crippen LogP) is 1.53. The van der Waals surface area contributed by atoms with Gasteiger partial charge in [0.1, 0.15) is 5.60 Å². The van der Waals surface area contributed by atoms with E-state index in [2.05, 4.69) is 9.88 Å². The lowest BCUT2D eigenvalue weighted by Crippen LogP contribution is -2.53. The topological polar surface area (TPSA) is 65.9 Å². The van der Waals surface area contributed by atoms with Gasteiger partial charge in [-0.2, -0.15) is 0 Å². The SMILES string of the molecule is O=C(c1cnc2ccccc2c1)N1CCOCC(O)(CN2CCCC2)C1. The van der Waals surface area contributed by atoms with Gasteiger partial charge in [0.2, 0.25) is 0 Å². The Bertz CT molecular complexity index is 791. The molecule has 1 aromatic heterocycles. The van der Waals surface area contributed by atoms with Crippen molar-refractivity contribution in [3.63, 3.8) is 0 Å². The van der Waals surface area contributed by atoms with E-state index in [1.807, 2.05) is 30.3 Å². The van der Waals surface area contributed by atoms with Crippen LogP contribution in [-0.2, 0) is 4.74 Å². The molecule has 6 nitrogen and oxygen atoms in total. The van der Waals surface area contributed by atoms with Crippen molar-refractivity contribution in [2.45, 2.75) is 18.4 Å². The molecule has 2 fully saturated rings. The van der Waals surface area contributed by atoms with Gasteiger partial charge in [-0.15, -0.1) is 0 Å². The van der Waals surface area contributed by atoms with Crippen LogP contribution < -0.4 is 0 Å². The summed E-state index contributed by atoms with van der Waals surface area (Å²) in [5, 5.41) is 12.0. The highest BCUT2D eigenvalue weighted by atomic mass is 16.5. The number of rotatable bonds is 3. The second-order valence-electron chi connectivity index (χ2n) is 7.40. The normalized spacial score (nSPS) is 24.7. The van der Waals surface area contributed by atoms with Crippen LogP contribution in [0.5, 0.6) is 0 Å². The van der Waals surface area contributed by atoms with E-state index in [1.165, 1.54) is 12.8 Å². The zero-order valence-electron chi connectivity index (χ0n) is 14.9. The molecule has 2 aromatic rings. The van der Waals surface area contributed by atoms with Gasteiger partial charge < -0.3 is 19.6 Å². The third kappa shape index (κ3) is 3.72. The summed E-state index contributed by atoms with van der Waals surface area (Å²) in [5.74, 6) is -0.103. The molecule has 4 rings (SSSR count). The van der Waals surface area contributed by atoms with Crippen molar-refractivity contribution in [2.75, 3.05) is 45.9 Å². The van der Waals surface area contributed by atoms with Gasteiger partial charge >= 0.3 is 0 Å². The Balaban J connectivity index is 1.53. The Morgan fingerprint density at radius 2 is 2.04 bits per heavy atom. The van der Waals surface area contributed by atoms with E-state index < -0.39 is 5.60 Å². The van der Waals surface area contributed by atoms with E-state index in [4.69, 9.17) is 4.74 Å². The summed E-state index contributed by atoms with van der Waals surface area (Å²) in [6, 6.07) is 9.62. The maximum Gasteiger partial charge on any atom is 0.255 e. The number of β-amino-alcohol motifs (C(OH)–C–C–N with tert-alkyl or cyclic N) is 1. The first-order valence-corrected chi connectivity index (χ1v) is 9.30. The van der Waals surface area contributed by atoms with Crippen molar-refractivity contribution >= 4 is 16.8 Å². The molecule has 0 bridgehead atoms.